The Morgan fingerprint density at radius 3 is 1.38 bits per heavy atom. The van der Waals surface area contributed by atoms with Gasteiger partial charge >= 0.3 is 0 Å². The summed E-state index contributed by atoms with van der Waals surface area (Å²) in [5, 5.41) is 6.79. The zero-order valence-electron chi connectivity index (χ0n) is 29.7. The van der Waals surface area contributed by atoms with Crippen molar-refractivity contribution >= 4 is 168 Å². The van der Waals surface area contributed by atoms with Crippen molar-refractivity contribution in [1.29, 1.82) is 0 Å². The molecule has 0 unspecified atom stereocenters. The van der Waals surface area contributed by atoms with Crippen LogP contribution in [0.5, 0.6) is 0 Å². The molecule has 55 heavy (non-hydrogen) atoms. The molecule has 0 aromatic heterocycles. The molecule has 9 aromatic rings. The summed E-state index contributed by atoms with van der Waals surface area (Å²) in [4.78, 5) is 0. The van der Waals surface area contributed by atoms with E-state index in [0.717, 1.165) is 60.5 Å². The Morgan fingerprint density at radius 1 is 0.309 bits per heavy atom. The van der Waals surface area contributed by atoms with Crippen molar-refractivity contribution in [1.82, 2.24) is 0 Å². The Hall–Kier alpha value is -5.40. The van der Waals surface area contributed by atoms with E-state index < -0.39 is 0 Å². The summed E-state index contributed by atoms with van der Waals surface area (Å²) in [6.07, 6.45) is 0. The molecule has 0 saturated heterocycles. The summed E-state index contributed by atoms with van der Waals surface area (Å²) in [6.45, 7) is 0. The number of hydrogen-bond donors (Lipinski definition) is 0. The van der Waals surface area contributed by atoms with Crippen LogP contribution < -0.4 is 54.6 Å². The molecule has 1 aliphatic rings. The summed E-state index contributed by atoms with van der Waals surface area (Å²) in [5.74, 6) is 0. The van der Waals surface area contributed by atoms with E-state index in [9.17, 15) is 0 Å². The highest BCUT2D eigenvalue weighted by molar-refractivity contribution is 6.74. The van der Waals surface area contributed by atoms with Gasteiger partial charge in [0, 0.05) is 0 Å². The lowest BCUT2D eigenvalue weighted by Crippen LogP contribution is -2.50. The monoisotopic (exact) mass is 671 g/mol. The smallest absolute Gasteiger partial charge is 0.110 e. The van der Waals surface area contributed by atoms with Crippen LogP contribution in [-0.4, -0.2) is 70.0 Å². The van der Waals surface area contributed by atoms with Gasteiger partial charge < -0.3 is 0 Å². The highest BCUT2D eigenvalue weighted by Gasteiger charge is 2.27. The van der Waals surface area contributed by atoms with Gasteiger partial charge in [0.2, 0.25) is 0 Å². The molecule has 231 valence electrons. The largest absolute Gasteiger partial charge is 0.193 e. The summed E-state index contributed by atoms with van der Waals surface area (Å²) < 4.78 is 0. The molecule has 0 nitrogen and oxygen atoms in total. The minimum Gasteiger partial charge on any atom is -0.110 e. The molecule has 10 rings (SSSR count). The van der Waals surface area contributed by atoms with Gasteiger partial charge in [-0.05, 0) is 112 Å². The third kappa shape index (κ3) is 4.98. The van der Waals surface area contributed by atoms with Gasteiger partial charge in [-0.3, -0.25) is 0 Å². The molecular weight excluding hydrogens is 650 g/mol. The second-order valence-electron chi connectivity index (χ2n) is 14.4. The summed E-state index contributed by atoms with van der Waals surface area (Å²) in [7, 11) is 57.4. The Labute approximate surface area is 332 Å². The zero-order chi connectivity index (χ0) is 37.9. The van der Waals surface area contributed by atoms with Gasteiger partial charge in [0.15, 0.2) is 7.28 Å². The molecule has 0 saturated carbocycles. The van der Waals surface area contributed by atoms with Crippen LogP contribution in [0.15, 0.2) is 121 Å². The quantitative estimate of drug-likeness (QED) is 0.197. The van der Waals surface area contributed by atoms with Gasteiger partial charge in [0.25, 0.3) is 0 Å². The molecule has 0 N–H and O–H groups in total. The number of fused-ring (bicyclic) bond motifs is 7. The van der Waals surface area contributed by atoms with E-state index in [0.29, 0.717) is 32.7 Å². The summed E-state index contributed by atoms with van der Waals surface area (Å²) in [5.41, 5.74) is 11.3. The minimum atomic E-state index is 0.181. The van der Waals surface area contributed by atoms with E-state index in [2.05, 4.69) is 98.3 Å². The molecule has 0 amide bonds. The van der Waals surface area contributed by atoms with Crippen molar-refractivity contribution in [3.63, 3.8) is 0 Å². The Bertz CT molecular complexity index is 3070. The van der Waals surface area contributed by atoms with Gasteiger partial charge in [0.05, 0.1) is 0 Å². The van der Waals surface area contributed by atoms with Crippen LogP contribution >= 0.6 is 0 Å². The first kappa shape index (κ1) is 34.1. The van der Waals surface area contributed by atoms with Crippen LogP contribution in [-0.2, 0) is 0 Å². The molecule has 1 heterocycles. The molecule has 17 radical (unpaired) electrons. The number of hydrogen-bond acceptors (Lipinski definition) is 0. The first-order valence-electron chi connectivity index (χ1n) is 18.0. The van der Waals surface area contributed by atoms with Crippen LogP contribution in [0.2, 0.25) is 0 Å². The van der Waals surface area contributed by atoms with Gasteiger partial charge in [0.1, 0.15) is 62.8 Å². The Morgan fingerprint density at radius 2 is 0.782 bits per heavy atom. The van der Waals surface area contributed by atoms with Crippen LogP contribution in [0, 0.1) is 0 Å². The van der Waals surface area contributed by atoms with E-state index in [4.69, 9.17) is 62.8 Å². The van der Waals surface area contributed by atoms with Crippen molar-refractivity contribution in [2.75, 3.05) is 0 Å². The zero-order valence-corrected chi connectivity index (χ0v) is 29.7. The van der Waals surface area contributed by atoms with E-state index in [1.165, 1.54) is 5.39 Å². The standard InChI is InChI=1S/C46H20B9/c47-39-35-33(25-14-15-31-29(18-25)30-17-22-10-4-5-11-23(22)20-32(30)55-31)36-38(42(50)46(54)44(52)40(36)48)34(37(35)41(49)45(53)43(39)51)26-16-24-12-6-7-13-27(24)28(19-26)21-8-2-1-3-9-21/h1-20H. The maximum atomic E-state index is 7.09. The van der Waals surface area contributed by atoms with Crippen molar-refractivity contribution in [3.05, 3.63) is 121 Å². The molecule has 9 aromatic carbocycles. The Balaban J connectivity index is 1.39. The predicted octanol–water partition coefficient (Wildman–Crippen LogP) is 1.29. The van der Waals surface area contributed by atoms with E-state index in [-0.39, 0.29) is 43.7 Å². The number of benzene rings is 9. The lowest BCUT2D eigenvalue weighted by molar-refractivity contribution is 1.65. The normalized spacial score (nSPS) is 12.0. The third-order valence-electron chi connectivity index (χ3n) is 11.4. The average molecular weight is 670 g/mol. The van der Waals surface area contributed by atoms with Gasteiger partial charge in [-0.25, -0.2) is 0 Å². The van der Waals surface area contributed by atoms with E-state index in [1.54, 1.807) is 0 Å². The lowest BCUT2D eigenvalue weighted by atomic mass is 9.59. The van der Waals surface area contributed by atoms with Crippen LogP contribution in [0.3, 0.4) is 0 Å². The molecule has 1 aliphatic heterocycles. The van der Waals surface area contributed by atoms with Crippen LogP contribution in [0.25, 0.3) is 87.6 Å². The lowest BCUT2D eigenvalue weighted by Gasteiger charge is -2.29. The highest BCUT2D eigenvalue weighted by atomic mass is 14.3. The van der Waals surface area contributed by atoms with E-state index in [1.807, 2.05) is 30.3 Å². The highest BCUT2D eigenvalue weighted by Crippen LogP contribution is 2.43. The fraction of sp³-hybridized carbons (Fsp3) is 0. The fourth-order valence-corrected chi connectivity index (χ4v) is 8.68. The number of rotatable bonds is 3. The van der Waals surface area contributed by atoms with Crippen LogP contribution in [0.4, 0.5) is 0 Å². The SMILES string of the molecule is [B]c1c([B])c([B])c2c(-c3cc(-c4ccccc4)c4ccccc4c3)c3c([B])c([B])c([B])c([B])c3c(-c3ccc4c(c3)-c3cc5ccccc5cc3[B]4)c2c1[B]. The van der Waals surface area contributed by atoms with E-state index >= 15 is 0 Å². The molecular formula is C46H20B9. The molecule has 0 fully saturated rings. The summed E-state index contributed by atoms with van der Waals surface area (Å²) >= 11 is 0. The molecule has 0 aliphatic carbocycles. The molecule has 0 atom stereocenters. The van der Waals surface area contributed by atoms with Gasteiger partial charge in [-0.15, -0.1) is 21.9 Å². The first-order chi connectivity index (χ1) is 26.6. The maximum absolute atomic E-state index is 7.09. The predicted molar refractivity (Wildman–Crippen MR) is 246 cm³/mol. The second kappa shape index (κ2) is 12.6. The maximum Gasteiger partial charge on any atom is 0.193 e. The van der Waals surface area contributed by atoms with Crippen molar-refractivity contribution in [2.24, 2.45) is 0 Å². The van der Waals surface area contributed by atoms with Gasteiger partial charge in [-0.2, -0.15) is 0 Å². The van der Waals surface area contributed by atoms with Crippen molar-refractivity contribution in [3.8, 4) is 44.5 Å². The second-order valence-corrected chi connectivity index (χ2v) is 14.4. The minimum absolute atomic E-state index is 0.181. The van der Waals surface area contributed by atoms with Crippen molar-refractivity contribution in [2.45, 2.75) is 0 Å². The average Bonchev–Trinajstić information content (AvgIpc) is 3.57. The molecule has 0 bridgehead atoms. The summed E-state index contributed by atoms with van der Waals surface area (Å²) in [6, 6.07) is 41.9. The Kier molecular flexibility index (Phi) is 7.80. The molecule has 9 heteroatoms. The molecule has 0 spiro atoms. The van der Waals surface area contributed by atoms with Crippen molar-refractivity contribution < 1.29 is 0 Å². The topological polar surface area (TPSA) is 0 Å². The fourth-order valence-electron chi connectivity index (χ4n) is 8.68. The van der Waals surface area contributed by atoms with Crippen LogP contribution in [0.1, 0.15) is 0 Å². The van der Waals surface area contributed by atoms with Gasteiger partial charge in [-0.1, -0.05) is 130 Å². The first-order valence-corrected chi connectivity index (χ1v) is 18.0. The third-order valence-corrected chi connectivity index (χ3v) is 11.4.